The third-order valence-corrected chi connectivity index (χ3v) is 4.68. The fraction of sp³-hybridized carbons (Fsp3) is 0.100. The molecule has 0 aromatic heterocycles. The van der Waals surface area contributed by atoms with E-state index < -0.39 is 23.8 Å². The zero-order chi connectivity index (χ0) is 22.0. The van der Waals surface area contributed by atoms with E-state index in [0.717, 1.165) is 4.90 Å². The van der Waals surface area contributed by atoms with Crippen LogP contribution in [0, 0.1) is 6.92 Å². The predicted octanol–water partition coefficient (Wildman–Crippen LogP) is 2.83. The Morgan fingerprint density at radius 2 is 1.90 bits per heavy atom. The molecule has 1 heterocycles. The maximum Gasteiger partial charge on any atom is 0.335 e. The molecule has 2 aromatic carbocycles. The molecule has 8 nitrogen and oxygen atoms in total. The first kappa shape index (κ1) is 21.4. The summed E-state index contributed by atoms with van der Waals surface area (Å²) in [6.07, 6.45) is 1.29. The van der Waals surface area contributed by atoms with E-state index in [9.17, 15) is 19.2 Å². The number of nitrogens with two attached hydrogens (primary N) is 1. The first-order chi connectivity index (χ1) is 14.2. The number of anilines is 1. The zero-order valence-corrected chi connectivity index (χ0v) is 17.1. The van der Waals surface area contributed by atoms with Crippen LogP contribution in [0.5, 0.6) is 5.75 Å². The molecule has 0 aliphatic carbocycles. The normalized spacial score (nSPS) is 15.4. The number of imide groups is 2. The van der Waals surface area contributed by atoms with Crippen molar-refractivity contribution in [3.8, 4) is 5.75 Å². The molecule has 1 aliphatic heterocycles. The number of carbonyl (C=O) groups is 4. The second-order valence-corrected chi connectivity index (χ2v) is 7.18. The van der Waals surface area contributed by atoms with Gasteiger partial charge in [-0.1, -0.05) is 35.3 Å². The highest BCUT2D eigenvalue weighted by Crippen LogP contribution is 2.29. The van der Waals surface area contributed by atoms with Crippen molar-refractivity contribution in [2.75, 3.05) is 11.5 Å². The smallest absolute Gasteiger partial charge is 0.335 e. The van der Waals surface area contributed by atoms with Crippen molar-refractivity contribution < 1.29 is 23.9 Å². The summed E-state index contributed by atoms with van der Waals surface area (Å²) in [5, 5.41) is 2.62. The number of primary amides is 1. The Hall–Kier alpha value is -3.36. The number of hydrogen-bond acceptors (Lipinski definition) is 5. The monoisotopic (exact) mass is 447 g/mol. The van der Waals surface area contributed by atoms with Gasteiger partial charge < -0.3 is 10.5 Å². The predicted molar refractivity (Wildman–Crippen MR) is 111 cm³/mol. The molecule has 0 atom stereocenters. The molecule has 0 unspecified atom stereocenters. The second kappa shape index (κ2) is 8.56. The van der Waals surface area contributed by atoms with Crippen LogP contribution in [-0.4, -0.2) is 30.4 Å². The fourth-order valence-electron chi connectivity index (χ4n) is 2.74. The van der Waals surface area contributed by atoms with E-state index in [1.165, 1.54) is 30.3 Å². The molecular formula is C20H15Cl2N3O5. The minimum atomic E-state index is -0.874. The van der Waals surface area contributed by atoms with Crippen LogP contribution in [0.4, 0.5) is 10.5 Å². The SMILES string of the molecule is Cc1ccc(Cl)cc1N1C(=O)NC(=O)/C(=C\c2ccc(OCC(N)=O)c(Cl)c2)C1=O. The van der Waals surface area contributed by atoms with Gasteiger partial charge in [-0.2, -0.15) is 0 Å². The Morgan fingerprint density at radius 3 is 2.57 bits per heavy atom. The van der Waals surface area contributed by atoms with Crippen LogP contribution in [0.15, 0.2) is 42.0 Å². The largest absolute Gasteiger partial charge is 0.482 e. The lowest BCUT2D eigenvalue weighted by molar-refractivity contribution is -0.123. The summed E-state index contributed by atoms with van der Waals surface area (Å²) in [5.41, 5.74) is 6.05. The van der Waals surface area contributed by atoms with Gasteiger partial charge in [0.15, 0.2) is 6.61 Å². The van der Waals surface area contributed by atoms with E-state index in [0.29, 0.717) is 16.1 Å². The molecule has 0 saturated carbocycles. The van der Waals surface area contributed by atoms with Crippen LogP contribution >= 0.6 is 23.2 Å². The number of amides is 5. The third kappa shape index (κ3) is 4.45. The van der Waals surface area contributed by atoms with Crippen molar-refractivity contribution >= 4 is 58.7 Å². The quantitative estimate of drug-likeness (QED) is 0.539. The van der Waals surface area contributed by atoms with Gasteiger partial charge in [0.1, 0.15) is 11.3 Å². The number of halogens is 2. The van der Waals surface area contributed by atoms with Gasteiger partial charge in [0, 0.05) is 5.02 Å². The number of rotatable bonds is 5. The van der Waals surface area contributed by atoms with Gasteiger partial charge in [-0.3, -0.25) is 19.7 Å². The summed E-state index contributed by atoms with van der Waals surface area (Å²) in [4.78, 5) is 49.3. The van der Waals surface area contributed by atoms with Crippen molar-refractivity contribution in [1.82, 2.24) is 5.32 Å². The summed E-state index contributed by atoms with van der Waals surface area (Å²) >= 11 is 12.1. The van der Waals surface area contributed by atoms with Crippen molar-refractivity contribution in [3.05, 3.63) is 63.1 Å². The molecule has 0 spiro atoms. The van der Waals surface area contributed by atoms with Crippen molar-refractivity contribution in [1.29, 1.82) is 0 Å². The Kier molecular flexibility index (Phi) is 6.09. The number of carbonyl (C=O) groups excluding carboxylic acids is 4. The number of ether oxygens (including phenoxy) is 1. The van der Waals surface area contributed by atoms with E-state index in [1.54, 1.807) is 19.1 Å². The third-order valence-electron chi connectivity index (χ3n) is 4.15. The average Bonchev–Trinajstić information content (AvgIpc) is 2.67. The minimum absolute atomic E-state index is 0.146. The molecule has 3 rings (SSSR count). The molecule has 0 bridgehead atoms. The Morgan fingerprint density at radius 1 is 1.17 bits per heavy atom. The molecule has 0 radical (unpaired) electrons. The van der Waals surface area contributed by atoms with Gasteiger partial charge in [0.25, 0.3) is 17.7 Å². The molecule has 30 heavy (non-hydrogen) atoms. The summed E-state index contributed by atoms with van der Waals surface area (Å²) in [6.45, 7) is 1.35. The van der Waals surface area contributed by atoms with Gasteiger partial charge in [0.05, 0.1) is 10.7 Å². The molecule has 3 N–H and O–H groups in total. The zero-order valence-electron chi connectivity index (χ0n) is 15.6. The number of nitrogens with zero attached hydrogens (tertiary/aromatic N) is 1. The van der Waals surface area contributed by atoms with Gasteiger partial charge in [0.2, 0.25) is 0 Å². The van der Waals surface area contributed by atoms with Crippen LogP contribution in [0.1, 0.15) is 11.1 Å². The fourth-order valence-corrected chi connectivity index (χ4v) is 3.15. The number of urea groups is 1. The van der Waals surface area contributed by atoms with Crippen molar-refractivity contribution in [2.24, 2.45) is 5.73 Å². The maximum atomic E-state index is 13.0. The van der Waals surface area contributed by atoms with Crippen LogP contribution in [0.3, 0.4) is 0 Å². The van der Waals surface area contributed by atoms with Gasteiger partial charge in [-0.05, 0) is 48.4 Å². The van der Waals surface area contributed by atoms with E-state index in [1.807, 2.05) is 0 Å². The highest BCUT2D eigenvalue weighted by Gasteiger charge is 2.37. The number of nitrogens with one attached hydrogen (secondary N) is 1. The molecule has 1 fully saturated rings. The lowest BCUT2D eigenvalue weighted by Gasteiger charge is -2.27. The number of barbiturate groups is 1. The van der Waals surface area contributed by atoms with Gasteiger partial charge in [-0.15, -0.1) is 0 Å². The Labute approximate surface area is 181 Å². The standard InChI is InChI=1S/C20H15Cl2N3O5/c1-10-2-4-12(21)8-15(10)25-19(28)13(18(27)24-20(25)29)6-11-3-5-16(14(22)7-11)30-9-17(23)26/h2-8H,9H2,1H3,(H2,23,26)(H,24,27,29)/b13-6+. The van der Waals surface area contributed by atoms with E-state index >= 15 is 0 Å². The van der Waals surface area contributed by atoms with Gasteiger partial charge in [-0.25, -0.2) is 9.69 Å². The number of hydrogen-bond donors (Lipinski definition) is 2. The highest BCUT2D eigenvalue weighted by molar-refractivity contribution is 6.40. The summed E-state index contributed by atoms with van der Waals surface area (Å²) in [7, 11) is 0. The van der Waals surface area contributed by atoms with Crippen molar-refractivity contribution in [3.63, 3.8) is 0 Å². The molecule has 1 aliphatic rings. The summed E-state index contributed by atoms with van der Waals surface area (Å²) in [6, 6.07) is 8.30. The van der Waals surface area contributed by atoms with Gasteiger partial charge >= 0.3 is 6.03 Å². The second-order valence-electron chi connectivity index (χ2n) is 6.33. The highest BCUT2D eigenvalue weighted by atomic mass is 35.5. The molecular weight excluding hydrogens is 433 g/mol. The number of benzene rings is 2. The minimum Gasteiger partial charge on any atom is -0.482 e. The Balaban J connectivity index is 1.95. The lowest BCUT2D eigenvalue weighted by atomic mass is 10.1. The molecule has 154 valence electrons. The van der Waals surface area contributed by atoms with E-state index in [2.05, 4.69) is 5.32 Å². The first-order valence-electron chi connectivity index (χ1n) is 8.55. The number of aryl methyl sites for hydroxylation is 1. The van der Waals surface area contributed by atoms with Crippen LogP contribution in [0.25, 0.3) is 6.08 Å². The summed E-state index contributed by atoms with van der Waals surface area (Å²) < 4.78 is 5.16. The van der Waals surface area contributed by atoms with Crippen LogP contribution in [0.2, 0.25) is 10.0 Å². The molecule has 5 amide bonds. The molecule has 10 heteroatoms. The topological polar surface area (TPSA) is 119 Å². The maximum absolute atomic E-state index is 13.0. The van der Waals surface area contributed by atoms with E-state index in [-0.39, 0.29) is 28.6 Å². The summed E-state index contributed by atoms with van der Waals surface area (Å²) in [5.74, 6) is -2.10. The van der Waals surface area contributed by atoms with Crippen LogP contribution < -0.4 is 20.7 Å². The Bertz CT molecular complexity index is 1110. The average molecular weight is 448 g/mol. The molecule has 2 aromatic rings. The lowest BCUT2D eigenvalue weighted by Crippen LogP contribution is -2.54. The molecule has 1 saturated heterocycles. The first-order valence-corrected chi connectivity index (χ1v) is 9.31. The van der Waals surface area contributed by atoms with Crippen LogP contribution in [-0.2, 0) is 14.4 Å². The van der Waals surface area contributed by atoms with E-state index in [4.69, 9.17) is 33.7 Å². The van der Waals surface area contributed by atoms with Crippen molar-refractivity contribution in [2.45, 2.75) is 6.92 Å².